The Hall–Kier alpha value is -13.2. The quantitative estimate of drug-likeness (QED) is 0.0764. The Bertz CT molecular complexity index is 6110. The van der Waals surface area contributed by atoms with Crippen LogP contribution in [0.25, 0.3) is 0 Å². The van der Waals surface area contributed by atoms with E-state index < -0.39 is 120 Å². The van der Waals surface area contributed by atoms with Gasteiger partial charge in [0.05, 0.1) is 52.6 Å². The summed E-state index contributed by atoms with van der Waals surface area (Å²) in [4.78, 5) is 167. The average molecular weight is 1900 g/mol. The van der Waals surface area contributed by atoms with Gasteiger partial charge >= 0.3 is 10.6 Å². The van der Waals surface area contributed by atoms with E-state index in [-0.39, 0.29) is 74.2 Å². The molecule has 18 rings (SSSR count). The lowest BCUT2D eigenvalue weighted by Crippen LogP contribution is -2.71. The lowest BCUT2D eigenvalue weighted by molar-refractivity contribution is -0.163. The number of hydrogen-bond acceptors (Lipinski definition) is 29. The minimum atomic E-state index is -1.88. The number of carbonyl (C=O) groups excluding carboxylic acids is 12. The van der Waals surface area contributed by atoms with Crippen molar-refractivity contribution < 1.29 is 95.4 Å². The van der Waals surface area contributed by atoms with E-state index in [1.165, 1.54) is 59.5 Å². The van der Waals surface area contributed by atoms with Gasteiger partial charge < -0.3 is 67.3 Å². The summed E-state index contributed by atoms with van der Waals surface area (Å²) in [5.41, 5.74) is -0.0319. The molecule has 9 aliphatic heterocycles. The van der Waals surface area contributed by atoms with Crippen molar-refractivity contribution in [1.82, 2.24) is 29.4 Å². The fraction of sp³-hybridized carbons (Fsp3) is 0.296. The number of thioether (sulfide) groups is 6. The Kier molecular flexibility index (Phi) is 25.5. The van der Waals surface area contributed by atoms with E-state index in [4.69, 9.17) is 37.9 Å². The topological polar surface area (TPSA) is 369 Å². The molecule has 0 bridgehead atoms. The van der Waals surface area contributed by atoms with Crippen LogP contribution >= 0.6 is 70.6 Å². The summed E-state index contributed by atoms with van der Waals surface area (Å²) in [5.74, 6) is -0.0697. The predicted octanol–water partition coefficient (Wildman–Crippen LogP) is 16.3. The summed E-state index contributed by atoms with van der Waals surface area (Å²) in [5, 5.41) is 28.8. The van der Waals surface area contributed by atoms with Crippen LogP contribution in [0, 0.1) is 50.2 Å². The van der Waals surface area contributed by atoms with E-state index in [2.05, 4.69) is 18.2 Å². The normalized spacial score (nSPS) is 27.0. The molecule has 0 radical (unpaired) electrons. The number of para-hydroxylation sites is 2. The summed E-state index contributed by atoms with van der Waals surface area (Å²) in [6, 6.07) is 71.5. The van der Waals surface area contributed by atoms with Crippen LogP contribution in [0.4, 0.5) is 9.59 Å². The molecule has 0 saturated carbocycles. The van der Waals surface area contributed by atoms with E-state index in [1.807, 2.05) is 60.7 Å². The predicted molar refractivity (Wildman–Crippen MR) is 496 cm³/mol. The number of nitrogens with zero attached hydrogens (tertiary/aromatic N) is 9. The molecule has 9 aliphatic rings. The number of hydrogen-bond donors (Lipinski definition) is 0. The van der Waals surface area contributed by atoms with Crippen LogP contribution in [0.1, 0.15) is 127 Å². The van der Waals surface area contributed by atoms with Gasteiger partial charge in [0.25, 0.3) is 35.4 Å². The highest BCUT2D eigenvalue weighted by molar-refractivity contribution is 8.17. The van der Waals surface area contributed by atoms with Gasteiger partial charge in [-0.05, 0) is 201 Å². The Labute approximate surface area is 790 Å². The van der Waals surface area contributed by atoms with Crippen molar-refractivity contribution >= 4 is 137 Å². The number of carbonyl (C=O) groups is 12. The first-order valence-corrected chi connectivity index (χ1v) is 46.7. The number of nitriles is 3. The zero-order chi connectivity index (χ0) is 94.5. The Balaban J connectivity index is 0.000000145. The van der Waals surface area contributed by atoms with Crippen molar-refractivity contribution in [2.45, 2.75) is 121 Å². The standard InChI is InChI=1S/C34H31N3O6S2.C32H27N3O8S2.C32H27N3O6S2/c1-32(20-35)19-34(45-28(39)17-23-12-8-5-9-13-23)31(41)36(3)33(2,44-27(38)16-22-10-6-4-7-11-22)30(40)37(34)29(32)24-14-15-25-26(18-24)43-21-42-25;1-30(18-33)17-32(45-29(39)43-22-12-8-5-9-13-22)27(37)34(3)31(2,44-28(38)42-21-10-6-4-7-11-21)26(36)35(32)25(30)20-14-15-23-24(16-20)41-19-40-23;1-30(18-33)17-32(43-27(37)21-12-8-5-9-13-21)29(39)34(3)31(2,42-26(36)20-10-6-4-7-11-20)28(38)35(32)25(30)22-14-15-23-24(16-22)41-19-40-23/h4-15,18,29H,16-17,19,21H2,1-3H3;4-16,25H,17,19H2,1-3H3;4-16,25H,17,19H2,1-3H3/t29?,32-,33+,34+;2*25?,30-,31+,32+/m111/s1. The van der Waals surface area contributed by atoms with Crippen LogP contribution in [0.2, 0.25) is 0 Å². The van der Waals surface area contributed by atoms with Crippen LogP contribution < -0.4 is 37.9 Å². The molecule has 133 heavy (non-hydrogen) atoms. The first-order chi connectivity index (χ1) is 63.5. The van der Waals surface area contributed by atoms with Gasteiger partial charge in [-0.25, -0.2) is 9.59 Å². The zero-order valence-corrected chi connectivity index (χ0v) is 77.9. The number of piperazine rings is 3. The molecule has 6 amide bonds. The second kappa shape index (κ2) is 36.4. The van der Waals surface area contributed by atoms with Crippen molar-refractivity contribution in [3.8, 4) is 64.2 Å². The molecule has 9 aromatic carbocycles. The van der Waals surface area contributed by atoms with Gasteiger partial charge in [-0.2, -0.15) is 15.8 Å². The number of likely N-dealkylation sites (N-methyl/N-ethyl adjacent to an activating group) is 3. The average Bonchev–Trinajstić information content (AvgIpc) is 1.54. The summed E-state index contributed by atoms with van der Waals surface area (Å²) in [7, 11) is 4.35. The summed E-state index contributed by atoms with van der Waals surface area (Å²) in [6.45, 7) is 9.65. The maximum Gasteiger partial charge on any atom is 0.375 e. The lowest BCUT2D eigenvalue weighted by Gasteiger charge is -2.52. The Morgan fingerprint density at radius 3 is 0.962 bits per heavy atom. The van der Waals surface area contributed by atoms with Crippen LogP contribution in [-0.4, -0.2) is 167 Å². The van der Waals surface area contributed by atoms with E-state index in [9.17, 15) is 73.3 Å². The van der Waals surface area contributed by atoms with Gasteiger partial charge in [0.1, 0.15) is 11.5 Å². The fourth-order valence-corrected chi connectivity index (χ4v) is 25.5. The van der Waals surface area contributed by atoms with Crippen molar-refractivity contribution in [2.24, 2.45) is 16.2 Å². The number of ether oxygens (including phenoxy) is 8. The van der Waals surface area contributed by atoms with E-state index in [1.54, 1.807) is 204 Å². The molecular formula is C98H85N9O20S6. The van der Waals surface area contributed by atoms with Crippen LogP contribution in [0.15, 0.2) is 237 Å². The van der Waals surface area contributed by atoms with E-state index >= 15 is 0 Å². The van der Waals surface area contributed by atoms with Gasteiger partial charge in [-0.3, -0.25) is 47.9 Å². The van der Waals surface area contributed by atoms with Crippen molar-refractivity contribution in [3.05, 3.63) is 276 Å². The first-order valence-electron chi connectivity index (χ1n) is 41.8. The lowest BCUT2D eigenvalue weighted by atomic mass is 9.79. The number of fused-ring (bicyclic) bond motifs is 6. The molecule has 678 valence electrons. The third-order valence-electron chi connectivity index (χ3n) is 25.1. The third kappa shape index (κ3) is 16.8. The van der Waals surface area contributed by atoms with Crippen molar-refractivity contribution in [3.63, 3.8) is 0 Å². The smallest absolute Gasteiger partial charge is 0.375 e. The maximum atomic E-state index is 14.9. The highest BCUT2D eigenvalue weighted by Crippen LogP contribution is 2.67. The number of benzene rings is 9. The second-order valence-corrected chi connectivity index (χ2v) is 41.9. The van der Waals surface area contributed by atoms with Crippen molar-refractivity contribution in [1.29, 1.82) is 15.8 Å². The molecule has 0 aromatic heterocycles. The molecule has 6 saturated heterocycles. The summed E-state index contributed by atoms with van der Waals surface area (Å²) in [6.07, 6.45) is -0.303. The number of rotatable bonds is 17. The first kappa shape index (κ1) is 93.0. The van der Waals surface area contributed by atoms with Gasteiger partial charge in [0.2, 0.25) is 30.6 Å². The zero-order valence-electron chi connectivity index (χ0n) is 73.0. The molecule has 0 N–H and O–H groups in total. The van der Waals surface area contributed by atoms with Crippen molar-refractivity contribution in [2.75, 3.05) is 41.5 Å². The Morgan fingerprint density at radius 2 is 0.617 bits per heavy atom. The molecule has 6 fully saturated rings. The SMILES string of the molecule is CN1C(=O)[C@@]2(SC(=O)Cc3ccccc3)C[C@](C)(C#N)C(c3ccc4c(c3)OCO4)N2C(=O)[C@]1(C)SC(=O)Cc1ccccc1.CN1C(=O)[C@@]2(SC(=O)Oc3ccccc3)C[C@](C)(C#N)C(c3ccc4c(c3)OCO4)N2C(=O)[C@]1(C)SC(=O)Oc1ccccc1.CN1C(=O)[C@@]2(SC(=O)c3ccccc3)C[C@](C)(C#N)C(c3ccc4c(c3)OCO4)N2C(=O)[C@]1(C)SC(=O)c1ccccc1. The number of amides is 6. The van der Waals surface area contributed by atoms with Gasteiger partial charge in [0, 0.05) is 64.4 Å². The Morgan fingerprint density at radius 1 is 0.338 bits per heavy atom. The monoisotopic (exact) mass is 1900 g/mol. The largest absolute Gasteiger partial charge is 0.454 e. The van der Waals surface area contributed by atoms with Gasteiger partial charge in [-0.15, -0.1) is 0 Å². The summed E-state index contributed by atoms with van der Waals surface area (Å²) < 4.78 is 44.2. The minimum Gasteiger partial charge on any atom is -0.454 e. The van der Waals surface area contributed by atoms with Gasteiger partial charge in [-0.1, -0.05) is 176 Å². The van der Waals surface area contributed by atoms with E-state index in [0.717, 1.165) is 63.1 Å². The van der Waals surface area contributed by atoms with Gasteiger partial charge in [0.15, 0.2) is 74.0 Å². The highest BCUT2D eigenvalue weighted by atomic mass is 32.2. The fourth-order valence-electron chi connectivity index (χ4n) is 18.3. The third-order valence-corrected chi connectivity index (χ3v) is 32.3. The van der Waals surface area contributed by atoms with Crippen LogP contribution in [-0.2, 0) is 51.2 Å². The molecule has 0 spiro atoms. The molecule has 9 aromatic rings. The maximum absolute atomic E-state index is 14.9. The molecule has 29 nitrogen and oxygen atoms in total. The molecule has 9 heterocycles. The van der Waals surface area contributed by atoms with Crippen LogP contribution in [0.5, 0.6) is 46.0 Å². The molecule has 3 unspecified atom stereocenters. The van der Waals surface area contributed by atoms with Crippen LogP contribution in [0.3, 0.4) is 0 Å². The molecule has 0 aliphatic carbocycles. The second-order valence-electron chi connectivity index (χ2n) is 33.9. The molecule has 12 atom stereocenters. The minimum absolute atomic E-state index is 0.00818. The summed E-state index contributed by atoms with van der Waals surface area (Å²) >= 11 is 4.11. The highest BCUT2D eigenvalue weighted by Gasteiger charge is 2.76. The molecule has 35 heteroatoms. The van der Waals surface area contributed by atoms with E-state index in [0.29, 0.717) is 85.8 Å². The molecular weight excluding hydrogens is 1820 g/mol.